The van der Waals surface area contributed by atoms with Gasteiger partial charge in [-0.25, -0.2) is 0 Å². The van der Waals surface area contributed by atoms with Crippen LogP contribution in [0.15, 0.2) is 0 Å². The molecule has 0 heterocycles. The van der Waals surface area contributed by atoms with E-state index in [-0.39, 0.29) is 13.2 Å². The van der Waals surface area contributed by atoms with Crippen LogP contribution in [0.5, 0.6) is 0 Å². The molecule has 0 radical (unpaired) electrons. The van der Waals surface area contributed by atoms with Crippen LogP contribution < -0.4 is 0 Å². The monoisotopic (exact) mass is 235 g/mol. The van der Waals surface area contributed by atoms with Crippen LogP contribution in [0.25, 0.3) is 0 Å². The Bertz CT molecular complexity index is 111. The normalized spacial score (nSPS) is 11.2. The third-order valence-corrected chi connectivity index (χ3v) is 2.02. The van der Waals surface area contributed by atoms with E-state index in [0.717, 1.165) is 25.8 Å². The molecule has 0 amide bonds. The summed E-state index contributed by atoms with van der Waals surface area (Å²) in [7, 11) is 0. The van der Waals surface area contributed by atoms with Gasteiger partial charge in [-0.2, -0.15) is 0 Å². The highest BCUT2D eigenvalue weighted by molar-refractivity contribution is 4.40. The van der Waals surface area contributed by atoms with E-state index in [9.17, 15) is 0 Å². The summed E-state index contributed by atoms with van der Waals surface area (Å²) in [5.74, 6) is 0. The maximum atomic E-state index is 8.64. The predicted molar refractivity (Wildman–Crippen MR) is 61.5 cm³/mol. The lowest BCUT2D eigenvalue weighted by Gasteiger charge is -2.20. The highest BCUT2D eigenvalue weighted by Gasteiger charge is 2.05. The van der Waals surface area contributed by atoms with E-state index in [1.807, 2.05) is 0 Å². The lowest BCUT2D eigenvalue weighted by Crippen LogP contribution is -2.27. The Morgan fingerprint density at radius 1 is 0.875 bits per heavy atom. The number of hydroxylamine groups is 2. The number of hydrogen-bond acceptors (Lipinski definition) is 5. The molecule has 16 heavy (non-hydrogen) atoms. The minimum Gasteiger partial charge on any atom is -0.396 e. The van der Waals surface area contributed by atoms with Gasteiger partial charge < -0.3 is 10.2 Å². The van der Waals surface area contributed by atoms with Crippen molar-refractivity contribution in [2.24, 2.45) is 0 Å². The predicted octanol–water partition coefficient (Wildman–Crippen LogP) is 1.11. The molecule has 0 fully saturated rings. The van der Waals surface area contributed by atoms with Crippen molar-refractivity contribution < 1.29 is 19.9 Å². The number of hydrogen-bond donors (Lipinski definition) is 2. The summed E-state index contributed by atoms with van der Waals surface area (Å²) < 4.78 is 0. The first-order valence-electron chi connectivity index (χ1n) is 6.10. The fourth-order valence-electron chi connectivity index (χ4n) is 1.12. The zero-order valence-corrected chi connectivity index (χ0v) is 10.2. The van der Waals surface area contributed by atoms with Crippen molar-refractivity contribution in [3.05, 3.63) is 0 Å². The summed E-state index contributed by atoms with van der Waals surface area (Å²) in [5.41, 5.74) is 0. The molecule has 0 aliphatic carbocycles. The molecule has 5 heteroatoms. The summed E-state index contributed by atoms with van der Waals surface area (Å²) in [4.78, 5) is 10.7. The van der Waals surface area contributed by atoms with Crippen LogP contribution in [0, 0.1) is 0 Å². The van der Waals surface area contributed by atoms with Gasteiger partial charge in [-0.1, -0.05) is 25.0 Å². The quantitative estimate of drug-likeness (QED) is 0.392. The van der Waals surface area contributed by atoms with Gasteiger partial charge >= 0.3 is 0 Å². The van der Waals surface area contributed by atoms with Crippen molar-refractivity contribution in [3.63, 3.8) is 0 Å². The van der Waals surface area contributed by atoms with E-state index < -0.39 is 0 Å². The number of aliphatic hydroxyl groups excluding tert-OH is 2. The van der Waals surface area contributed by atoms with Gasteiger partial charge in [0.2, 0.25) is 0 Å². The molecule has 0 atom stereocenters. The largest absolute Gasteiger partial charge is 0.396 e. The van der Waals surface area contributed by atoms with Crippen molar-refractivity contribution in [1.29, 1.82) is 0 Å². The lowest BCUT2D eigenvalue weighted by atomic mass is 10.2. The Morgan fingerprint density at radius 3 is 1.88 bits per heavy atom. The molecule has 0 aromatic heterocycles. The fourth-order valence-corrected chi connectivity index (χ4v) is 1.12. The van der Waals surface area contributed by atoms with E-state index >= 15 is 0 Å². The molecule has 0 bridgehead atoms. The van der Waals surface area contributed by atoms with Crippen LogP contribution in [-0.2, 0) is 9.68 Å². The Balaban J connectivity index is 3.58. The summed E-state index contributed by atoms with van der Waals surface area (Å²) in [6.07, 6.45) is 4.53. The Labute approximate surface area is 97.9 Å². The number of nitrogens with zero attached hydrogens (tertiary/aromatic N) is 1. The van der Waals surface area contributed by atoms with Gasteiger partial charge in [0.1, 0.15) is 0 Å². The zero-order valence-electron chi connectivity index (χ0n) is 10.2. The minimum absolute atomic E-state index is 0.124. The van der Waals surface area contributed by atoms with Gasteiger partial charge in [0.15, 0.2) is 0 Å². The van der Waals surface area contributed by atoms with Crippen molar-refractivity contribution in [2.45, 2.75) is 39.0 Å². The Kier molecular flexibility index (Phi) is 12.7. The molecule has 0 aliphatic rings. The van der Waals surface area contributed by atoms with Crippen molar-refractivity contribution in [2.75, 3.05) is 33.0 Å². The fraction of sp³-hybridized carbons (Fsp3) is 1.00. The van der Waals surface area contributed by atoms with E-state index in [2.05, 4.69) is 6.92 Å². The molecule has 2 N–H and O–H groups in total. The molecule has 0 saturated heterocycles. The van der Waals surface area contributed by atoms with E-state index in [1.165, 1.54) is 5.23 Å². The van der Waals surface area contributed by atoms with E-state index in [4.69, 9.17) is 19.9 Å². The van der Waals surface area contributed by atoms with Gasteiger partial charge in [-0.05, 0) is 19.3 Å². The SMILES string of the molecule is CCCCCN(OCCCO)OCCCO. The zero-order chi connectivity index (χ0) is 12.1. The van der Waals surface area contributed by atoms with Gasteiger partial charge in [-0.3, -0.25) is 9.68 Å². The van der Waals surface area contributed by atoms with Crippen LogP contribution in [0.1, 0.15) is 39.0 Å². The topological polar surface area (TPSA) is 62.2 Å². The molecule has 0 rings (SSSR count). The first-order chi connectivity index (χ1) is 7.85. The Hall–Kier alpha value is -0.200. The highest BCUT2D eigenvalue weighted by Crippen LogP contribution is 2.01. The first kappa shape index (κ1) is 15.8. The molecule has 5 nitrogen and oxygen atoms in total. The maximum absolute atomic E-state index is 8.64. The summed E-state index contributed by atoms with van der Waals surface area (Å²) in [6, 6.07) is 0. The second-order valence-corrected chi connectivity index (χ2v) is 3.58. The van der Waals surface area contributed by atoms with Gasteiger partial charge in [0.05, 0.1) is 19.8 Å². The average molecular weight is 235 g/mol. The first-order valence-corrected chi connectivity index (χ1v) is 6.10. The second-order valence-electron chi connectivity index (χ2n) is 3.58. The Morgan fingerprint density at radius 2 is 1.44 bits per heavy atom. The smallest absolute Gasteiger partial charge is 0.0733 e. The van der Waals surface area contributed by atoms with Crippen molar-refractivity contribution in [1.82, 2.24) is 5.23 Å². The standard InChI is InChI=1S/C11H25NO4/c1-2-3-4-7-12(15-10-5-8-13)16-11-6-9-14/h13-14H,2-11H2,1H3. The number of rotatable bonds is 12. The molecule has 0 aromatic rings. The highest BCUT2D eigenvalue weighted by atomic mass is 16.9. The molecule has 0 aromatic carbocycles. The van der Waals surface area contributed by atoms with E-state index in [0.29, 0.717) is 26.1 Å². The maximum Gasteiger partial charge on any atom is 0.0733 e. The average Bonchev–Trinajstić information content (AvgIpc) is 2.29. The summed E-state index contributed by atoms with van der Waals surface area (Å²) in [5, 5.41) is 18.7. The van der Waals surface area contributed by atoms with Crippen LogP contribution in [0.4, 0.5) is 0 Å². The van der Waals surface area contributed by atoms with Crippen molar-refractivity contribution in [3.8, 4) is 0 Å². The molecular formula is C11H25NO4. The van der Waals surface area contributed by atoms with Crippen LogP contribution in [0.2, 0.25) is 0 Å². The van der Waals surface area contributed by atoms with Crippen LogP contribution in [-0.4, -0.2) is 48.4 Å². The number of unbranched alkanes of at least 4 members (excludes halogenated alkanes) is 2. The third-order valence-electron chi connectivity index (χ3n) is 2.02. The molecule has 0 saturated carbocycles. The van der Waals surface area contributed by atoms with E-state index in [1.54, 1.807) is 0 Å². The van der Waals surface area contributed by atoms with Crippen LogP contribution in [0.3, 0.4) is 0 Å². The van der Waals surface area contributed by atoms with Gasteiger partial charge in [-0.15, -0.1) is 0 Å². The second kappa shape index (κ2) is 12.9. The molecule has 0 aliphatic heterocycles. The summed E-state index contributed by atoms with van der Waals surface area (Å²) >= 11 is 0. The van der Waals surface area contributed by atoms with Gasteiger partial charge in [0, 0.05) is 13.2 Å². The van der Waals surface area contributed by atoms with Crippen LogP contribution >= 0.6 is 0 Å². The lowest BCUT2D eigenvalue weighted by molar-refractivity contribution is -0.369. The molecule has 98 valence electrons. The third kappa shape index (κ3) is 10.3. The van der Waals surface area contributed by atoms with Crippen molar-refractivity contribution >= 4 is 0 Å². The molecule has 0 spiro atoms. The minimum atomic E-state index is 0.124. The van der Waals surface area contributed by atoms with Gasteiger partial charge in [0.25, 0.3) is 0 Å². The summed E-state index contributed by atoms with van der Waals surface area (Å²) in [6.45, 7) is 4.04. The number of aliphatic hydroxyl groups is 2. The molecular weight excluding hydrogens is 210 g/mol. The molecule has 0 unspecified atom stereocenters.